The van der Waals surface area contributed by atoms with Gasteiger partial charge in [-0.25, -0.2) is 5.43 Å². The van der Waals surface area contributed by atoms with Gasteiger partial charge in [-0.1, -0.05) is 47.3 Å². The third-order valence-electron chi connectivity index (χ3n) is 1.76. The van der Waals surface area contributed by atoms with Gasteiger partial charge in [0.25, 0.3) is 0 Å². The Morgan fingerprint density at radius 3 is 2.47 bits per heavy atom. The van der Waals surface area contributed by atoms with Crippen LogP contribution in [0.5, 0.6) is 0 Å². The Morgan fingerprint density at radius 1 is 1.33 bits per heavy atom. The van der Waals surface area contributed by atoms with Crippen molar-refractivity contribution < 1.29 is 4.99 Å². The molecule has 5 heteroatoms. The molecular weight excluding hydrogens is 274 g/mol. The molecule has 3 N–H and O–H groups in total. The van der Waals surface area contributed by atoms with Crippen molar-refractivity contribution in [3.63, 3.8) is 0 Å². The summed E-state index contributed by atoms with van der Waals surface area (Å²) in [5.74, 6) is 0. The number of benzene rings is 1. The van der Waals surface area contributed by atoms with E-state index in [1.54, 1.807) is 7.05 Å². The molecule has 0 aliphatic carbocycles. The van der Waals surface area contributed by atoms with Gasteiger partial charge in [-0.3, -0.25) is 4.99 Å². The van der Waals surface area contributed by atoms with Gasteiger partial charge < -0.3 is 0 Å². The van der Waals surface area contributed by atoms with E-state index in [-0.39, 0.29) is 0 Å². The number of nitrogens with one attached hydrogen (secondary N) is 3. The number of halogens is 1. The third kappa shape index (κ3) is 3.97. The van der Waals surface area contributed by atoms with Crippen LogP contribution in [0.1, 0.15) is 5.56 Å². The van der Waals surface area contributed by atoms with Gasteiger partial charge in [-0.2, -0.15) is 5.43 Å². The molecule has 0 aromatic heterocycles. The molecule has 0 saturated carbocycles. The number of hydrazine groups is 1. The van der Waals surface area contributed by atoms with Gasteiger partial charge in [-0.05, 0) is 12.1 Å². The first-order valence-electron chi connectivity index (χ1n) is 4.34. The minimum atomic E-state index is 0.633. The van der Waals surface area contributed by atoms with Gasteiger partial charge in [-0.15, -0.1) is 0 Å². The molecule has 0 radical (unpaired) electrons. The maximum atomic E-state index is 4.12. The summed E-state index contributed by atoms with van der Waals surface area (Å²) in [5, 5.41) is 0.633. The van der Waals surface area contributed by atoms with Crippen molar-refractivity contribution in [3.05, 3.63) is 40.9 Å². The van der Waals surface area contributed by atoms with Crippen LogP contribution in [0, 0.1) is 0 Å². The van der Waals surface area contributed by atoms with E-state index in [4.69, 9.17) is 0 Å². The monoisotopic (exact) mass is 286 g/mol. The van der Waals surface area contributed by atoms with Crippen LogP contribution in [0.15, 0.2) is 35.3 Å². The SMILES string of the molecule is C=C(NNC(S)=[NH+]C)c1ccc(Br)cc1. The van der Waals surface area contributed by atoms with E-state index in [1.807, 2.05) is 24.3 Å². The van der Waals surface area contributed by atoms with Gasteiger partial charge >= 0.3 is 5.17 Å². The number of rotatable bonds is 3. The molecule has 0 amide bonds. The highest BCUT2D eigenvalue weighted by atomic mass is 79.9. The van der Waals surface area contributed by atoms with Crippen molar-refractivity contribution in [1.29, 1.82) is 0 Å². The van der Waals surface area contributed by atoms with E-state index in [0.29, 0.717) is 5.17 Å². The summed E-state index contributed by atoms with van der Waals surface area (Å²) in [6.45, 7) is 3.90. The zero-order chi connectivity index (χ0) is 11.3. The lowest BCUT2D eigenvalue weighted by Gasteiger charge is -2.06. The summed E-state index contributed by atoms with van der Waals surface area (Å²) >= 11 is 7.49. The maximum Gasteiger partial charge on any atom is 0.324 e. The highest BCUT2D eigenvalue weighted by Crippen LogP contribution is 2.14. The van der Waals surface area contributed by atoms with Crippen molar-refractivity contribution in [2.75, 3.05) is 7.05 Å². The van der Waals surface area contributed by atoms with E-state index in [9.17, 15) is 0 Å². The van der Waals surface area contributed by atoms with Crippen molar-refractivity contribution in [3.8, 4) is 0 Å². The van der Waals surface area contributed by atoms with Crippen LogP contribution in [-0.2, 0) is 0 Å². The summed E-state index contributed by atoms with van der Waals surface area (Å²) in [7, 11) is 1.78. The standard InChI is InChI=1S/C10H12BrN3S/c1-7(13-14-10(15)12-2)8-3-5-9(11)6-4-8/h3-6,13H,1H2,2H3,(H2,12,14,15)/p+1. The fourth-order valence-corrected chi connectivity index (χ4v) is 1.24. The van der Waals surface area contributed by atoms with E-state index in [1.165, 1.54) is 0 Å². The summed E-state index contributed by atoms with van der Waals surface area (Å²) < 4.78 is 1.05. The lowest BCUT2D eigenvalue weighted by atomic mass is 10.2. The average Bonchev–Trinajstić information content (AvgIpc) is 2.26. The fourth-order valence-electron chi connectivity index (χ4n) is 0.920. The molecule has 1 aromatic rings. The molecule has 0 fully saturated rings. The molecule has 0 atom stereocenters. The zero-order valence-electron chi connectivity index (χ0n) is 8.34. The Labute approximate surface area is 103 Å². The third-order valence-corrected chi connectivity index (χ3v) is 2.63. The van der Waals surface area contributed by atoms with Crippen LogP contribution in [0.2, 0.25) is 0 Å². The molecule has 0 saturated heterocycles. The largest absolute Gasteiger partial charge is 0.324 e. The summed E-state index contributed by atoms with van der Waals surface area (Å²) in [4.78, 5) is 2.84. The predicted octanol–water partition coefficient (Wildman–Crippen LogP) is 0.510. The first-order chi connectivity index (χ1) is 7.13. The zero-order valence-corrected chi connectivity index (χ0v) is 10.8. The van der Waals surface area contributed by atoms with Crippen molar-refractivity contribution in [1.82, 2.24) is 10.9 Å². The minimum Gasteiger partial charge on any atom is -0.270 e. The predicted molar refractivity (Wildman–Crippen MR) is 70.3 cm³/mol. The Balaban J connectivity index is 2.58. The van der Waals surface area contributed by atoms with Crippen LogP contribution in [0.25, 0.3) is 5.70 Å². The van der Waals surface area contributed by atoms with Crippen molar-refractivity contribution >= 4 is 39.4 Å². The molecular formula is C10H13BrN3S+. The van der Waals surface area contributed by atoms with Crippen LogP contribution < -0.4 is 15.8 Å². The van der Waals surface area contributed by atoms with Crippen LogP contribution in [0.4, 0.5) is 0 Å². The average molecular weight is 287 g/mol. The van der Waals surface area contributed by atoms with Crippen LogP contribution in [-0.4, -0.2) is 12.2 Å². The lowest BCUT2D eigenvalue weighted by Crippen LogP contribution is -2.71. The smallest absolute Gasteiger partial charge is 0.270 e. The second-order valence-corrected chi connectivity index (χ2v) is 4.20. The topological polar surface area (TPSA) is 38.0 Å². The molecule has 0 unspecified atom stereocenters. The molecule has 0 aliphatic heterocycles. The van der Waals surface area contributed by atoms with Gasteiger partial charge in [0.2, 0.25) is 0 Å². The van der Waals surface area contributed by atoms with Gasteiger partial charge in [0.05, 0.1) is 12.7 Å². The summed E-state index contributed by atoms with van der Waals surface area (Å²) in [6.07, 6.45) is 0. The second kappa shape index (κ2) is 5.82. The van der Waals surface area contributed by atoms with Crippen LogP contribution >= 0.6 is 28.6 Å². The van der Waals surface area contributed by atoms with E-state index in [0.717, 1.165) is 15.7 Å². The van der Waals surface area contributed by atoms with Crippen molar-refractivity contribution in [2.24, 2.45) is 0 Å². The Morgan fingerprint density at radius 2 is 1.93 bits per heavy atom. The molecule has 0 bridgehead atoms. The number of thiol groups is 1. The van der Waals surface area contributed by atoms with Gasteiger partial charge in [0.15, 0.2) is 0 Å². The first-order valence-corrected chi connectivity index (χ1v) is 5.58. The summed E-state index contributed by atoms with van der Waals surface area (Å²) in [6, 6.07) is 7.87. The normalized spacial score (nSPS) is 11.0. The van der Waals surface area contributed by atoms with E-state index in [2.05, 4.69) is 51.0 Å². The molecule has 0 spiro atoms. The molecule has 0 heterocycles. The first kappa shape index (κ1) is 12.1. The summed E-state index contributed by atoms with van der Waals surface area (Å²) in [5.41, 5.74) is 7.59. The number of hydrogen-bond donors (Lipinski definition) is 4. The fraction of sp³-hybridized carbons (Fsp3) is 0.100. The highest BCUT2D eigenvalue weighted by molar-refractivity contribution is 9.10. The van der Waals surface area contributed by atoms with E-state index >= 15 is 0 Å². The second-order valence-electron chi connectivity index (χ2n) is 2.83. The van der Waals surface area contributed by atoms with Gasteiger partial charge in [0, 0.05) is 10.0 Å². The quantitative estimate of drug-likeness (QED) is 0.283. The molecule has 3 nitrogen and oxygen atoms in total. The number of hydrogen-bond acceptors (Lipinski definition) is 1. The molecule has 15 heavy (non-hydrogen) atoms. The van der Waals surface area contributed by atoms with Gasteiger partial charge in [0.1, 0.15) is 0 Å². The Kier molecular flexibility index (Phi) is 4.71. The maximum absolute atomic E-state index is 4.12. The van der Waals surface area contributed by atoms with Crippen molar-refractivity contribution in [2.45, 2.75) is 0 Å². The Bertz CT molecular complexity index is 373. The molecule has 1 aromatic carbocycles. The van der Waals surface area contributed by atoms with Crippen LogP contribution in [0.3, 0.4) is 0 Å². The molecule has 1 rings (SSSR count). The lowest BCUT2D eigenvalue weighted by molar-refractivity contribution is -0.418. The number of amidine groups is 1. The minimum absolute atomic E-state index is 0.633. The highest BCUT2D eigenvalue weighted by Gasteiger charge is 2.01. The molecule has 0 aliphatic rings. The van der Waals surface area contributed by atoms with E-state index < -0.39 is 0 Å². The Hall–Kier alpha value is -0.940. The molecule has 80 valence electrons.